The number of hydrogen-bond acceptors (Lipinski definition) is 3. The van der Waals surface area contributed by atoms with E-state index in [4.69, 9.17) is 14.7 Å². The van der Waals surface area contributed by atoms with Crippen LogP contribution in [-0.2, 0) is 9.47 Å². The van der Waals surface area contributed by atoms with Gasteiger partial charge < -0.3 is 9.47 Å². The Morgan fingerprint density at radius 2 is 2.21 bits per heavy atom. The van der Waals surface area contributed by atoms with E-state index >= 15 is 0 Å². The van der Waals surface area contributed by atoms with Gasteiger partial charge >= 0.3 is 0 Å². The molecule has 1 atom stereocenters. The first-order chi connectivity index (χ1) is 6.72. The number of hydrogen-bond donors (Lipinski definition) is 0. The van der Waals surface area contributed by atoms with Crippen LogP contribution in [0.5, 0.6) is 0 Å². The van der Waals surface area contributed by atoms with E-state index < -0.39 is 0 Å². The normalized spacial score (nSPS) is 20.1. The van der Waals surface area contributed by atoms with Crippen molar-refractivity contribution < 1.29 is 9.47 Å². The van der Waals surface area contributed by atoms with E-state index in [9.17, 15) is 0 Å². The SMILES string of the molecule is CCOCC(C)OCC1(CC#N)CC1. The van der Waals surface area contributed by atoms with Gasteiger partial charge in [0, 0.05) is 18.4 Å². The Hall–Kier alpha value is -0.590. The van der Waals surface area contributed by atoms with Crippen molar-refractivity contribution in [2.45, 2.75) is 39.2 Å². The van der Waals surface area contributed by atoms with E-state index in [0.29, 0.717) is 13.0 Å². The second-order valence-electron chi connectivity index (χ2n) is 4.12. The summed E-state index contributed by atoms with van der Waals surface area (Å²) in [6, 6.07) is 2.23. The standard InChI is InChI=1S/C11H19NO2/c1-3-13-8-10(2)14-9-11(4-5-11)6-7-12/h10H,3-6,8-9H2,1-2H3. The molecule has 1 rings (SSSR count). The number of ether oxygens (including phenoxy) is 2. The molecule has 0 aromatic carbocycles. The molecule has 0 aliphatic heterocycles. The van der Waals surface area contributed by atoms with E-state index in [-0.39, 0.29) is 11.5 Å². The Bertz CT molecular complexity index is 206. The van der Waals surface area contributed by atoms with Gasteiger partial charge in [0.1, 0.15) is 0 Å². The fourth-order valence-corrected chi connectivity index (χ4v) is 1.37. The fraction of sp³-hybridized carbons (Fsp3) is 0.909. The van der Waals surface area contributed by atoms with E-state index in [1.54, 1.807) is 0 Å². The first-order valence-electron chi connectivity index (χ1n) is 5.29. The second kappa shape index (κ2) is 5.33. The van der Waals surface area contributed by atoms with Crippen molar-refractivity contribution in [3.05, 3.63) is 0 Å². The summed E-state index contributed by atoms with van der Waals surface area (Å²) < 4.78 is 10.9. The average molecular weight is 197 g/mol. The van der Waals surface area contributed by atoms with Gasteiger partial charge in [-0.2, -0.15) is 5.26 Å². The quantitative estimate of drug-likeness (QED) is 0.627. The lowest BCUT2D eigenvalue weighted by Gasteiger charge is -2.17. The van der Waals surface area contributed by atoms with Crippen LogP contribution in [0.2, 0.25) is 0 Å². The second-order valence-corrected chi connectivity index (χ2v) is 4.12. The molecule has 14 heavy (non-hydrogen) atoms. The lowest BCUT2D eigenvalue weighted by Crippen LogP contribution is -2.21. The molecule has 0 bridgehead atoms. The monoisotopic (exact) mass is 197 g/mol. The van der Waals surface area contributed by atoms with Crippen LogP contribution in [0.15, 0.2) is 0 Å². The molecule has 3 nitrogen and oxygen atoms in total. The molecule has 80 valence electrons. The Morgan fingerprint density at radius 1 is 1.50 bits per heavy atom. The van der Waals surface area contributed by atoms with Gasteiger partial charge in [0.25, 0.3) is 0 Å². The molecule has 0 radical (unpaired) electrons. The molecule has 3 heteroatoms. The first-order valence-corrected chi connectivity index (χ1v) is 5.29. The van der Waals surface area contributed by atoms with Gasteiger partial charge in [-0.3, -0.25) is 0 Å². The molecule has 1 aliphatic rings. The zero-order chi connectivity index (χ0) is 10.4. The van der Waals surface area contributed by atoms with Crippen LogP contribution in [0.25, 0.3) is 0 Å². The number of nitriles is 1. The van der Waals surface area contributed by atoms with Crippen LogP contribution in [0.3, 0.4) is 0 Å². The van der Waals surface area contributed by atoms with E-state index in [0.717, 1.165) is 26.1 Å². The van der Waals surface area contributed by atoms with E-state index in [1.807, 2.05) is 13.8 Å². The van der Waals surface area contributed by atoms with Gasteiger partial charge in [0.15, 0.2) is 0 Å². The summed E-state index contributed by atoms with van der Waals surface area (Å²) in [6.07, 6.45) is 3.06. The number of nitrogens with zero attached hydrogens (tertiary/aromatic N) is 1. The summed E-state index contributed by atoms with van der Waals surface area (Å²) in [5.74, 6) is 0. The van der Waals surface area contributed by atoms with Crippen molar-refractivity contribution in [1.29, 1.82) is 5.26 Å². The third kappa shape index (κ3) is 3.65. The van der Waals surface area contributed by atoms with Gasteiger partial charge in [-0.25, -0.2) is 0 Å². The zero-order valence-corrected chi connectivity index (χ0v) is 9.08. The minimum Gasteiger partial charge on any atom is -0.379 e. The molecule has 0 spiro atoms. The Morgan fingerprint density at radius 3 is 2.71 bits per heavy atom. The molecule has 0 amide bonds. The highest BCUT2D eigenvalue weighted by molar-refractivity contribution is 4.99. The molecule has 0 aromatic rings. The molecule has 1 aliphatic carbocycles. The lowest BCUT2D eigenvalue weighted by molar-refractivity contribution is -0.0207. The van der Waals surface area contributed by atoms with Crippen LogP contribution < -0.4 is 0 Å². The van der Waals surface area contributed by atoms with Gasteiger partial charge in [-0.05, 0) is 26.7 Å². The summed E-state index contributed by atoms with van der Waals surface area (Å²) in [7, 11) is 0. The molecular formula is C11H19NO2. The van der Waals surface area contributed by atoms with E-state index in [1.165, 1.54) is 0 Å². The molecule has 1 fully saturated rings. The van der Waals surface area contributed by atoms with E-state index in [2.05, 4.69) is 6.07 Å². The van der Waals surface area contributed by atoms with Gasteiger partial charge in [0.2, 0.25) is 0 Å². The largest absolute Gasteiger partial charge is 0.379 e. The van der Waals surface area contributed by atoms with Crippen molar-refractivity contribution in [1.82, 2.24) is 0 Å². The van der Waals surface area contributed by atoms with Crippen molar-refractivity contribution in [2.24, 2.45) is 5.41 Å². The third-order valence-electron chi connectivity index (χ3n) is 2.64. The summed E-state index contributed by atoms with van der Waals surface area (Å²) in [5, 5.41) is 8.62. The molecule has 0 aromatic heterocycles. The average Bonchev–Trinajstić information content (AvgIpc) is 2.93. The maximum atomic E-state index is 8.62. The lowest BCUT2D eigenvalue weighted by atomic mass is 10.1. The maximum Gasteiger partial charge on any atom is 0.0780 e. The predicted molar refractivity (Wildman–Crippen MR) is 53.8 cm³/mol. The summed E-state index contributed by atoms with van der Waals surface area (Å²) in [5.41, 5.74) is 0.190. The van der Waals surface area contributed by atoms with Crippen LogP contribution in [0, 0.1) is 16.7 Å². The Labute approximate surface area is 86.0 Å². The van der Waals surface area contributed by atoms with Crippen molar-refractivity contribution in [3.63, 3.8) is 0 Å². The van der Waals surface area contributed by atoms with Crippen LogP contribution in [0.4, 0.5) is 0 Å². The minimum absolute atomic E-state index is 0.145. The Balaban J connectivity index is 2.11. The van der Waals surface area contributed by atoms with Gasteiger partial charge in [0.05, 0.1) is 25.4 Å². The number of rotatable bonds is 7. The minimum atomic E-state index is 0.145. The molecule has 0 heterocycles. The first kappa shape index (κ1) is 11.5. The van der Waals surface area contributed by atoms with Crippen molar-refractivity contribution in [3.8, 4) is 6.07 Å². The molecular weight excluding hydrogens is 178 g/mol. The van der Waals surface area contributed by atoms with Crippen LogP contribution in [0.1, 0.15) is 33.1 Å². The molecule has 1 unspecified atom stereocenters. The smallest absolute Gasteiger partial charge is 0.0780 e. The third-order valence-corrected chi connectivity index (χ3v) is 2.64. The topological polar surface area (TPSA) is 42.2 Å². The Kier molecular flexibility index (Phi) is 4.37. The highest BCUT2D eigenvalue weighted by Gasteiger charge is 2.42. The highest BCUT2D eigenvalue weighted by atomic mass is 16.5. The van der Waals surface area contributed by atoms with Crippen molar-refractivity contribution in [2.75, 3.05) is 19.8 Å². The molecule has 0 saturated heterocycles. The van der Waals surface area contributed by atoms with Gasteiger partial charge in [-0.15, -0.1) is 0 Å². The molecule has 0 N–H and O–H groups in total. The van der Waals surface area contributed by atoms with Crippen molar-refractivity contribution >= 4 is 0 Å². The van der Waals surface area contributed by atoms with Gasteiger partial charge in [-0.1, -0.05) is 0 Å². The zero-order valence-electron chi connectivity index (χ0n) is 9.08. The summed E-state index contributed by atoms with van der Waals surface area (Å²) >= 11 is 0. The maximum absolute atomic E-state index is 8.62. The van der Waals surface area contributed by atoms with Crippen LogP contribution in [-0.4, -0.2) is 25.9 Å². The predicted octanol–water partition coefficient (Wildman–Crippen LogP) is 2.12. The molecule has 1 saturated carbocycles. The highest BCUT2D eigenvalue weighted by Crippen LogP contribution is 2.48. The summed E-state index contributed by atoms with van der Waals surface area (Å²) in [6.45, 7) is 6.09. The fourth-order valence-electron chi connectivity index (χ4n) is 1.37. The summed E-state index contributed by atoms with van der Waals surface area (Å²) in [4.78, 5) is 0. The van der Waals surface area contributed by atoms with Crippen LogP contribution >= 0.6 is 0 Å².